The first-order valence-corrected chi connectivity index (χ1v) is 16.5. The fourth-order valence-electron chi connectivity index (χ4n) is 5.63. The standard InChI is InChI=1S/C33H37F3N6O4S/c1-4-11-37-32(45)40-28-16-22(30-39-27(19-47-30)33(34,35)36)24(17-38-28)21-6-7-26-23(15-21)29(43)25(31(44)46-5-2)18-42(26)14-10-20-8-12-41(3)13-9-20/h6-7,15-20H,4-5,8-14H2,1-3H3,(H2,37,38,40,45). The Hall–Kier alpha value is -4.30. The summed E-state index contributed by atoms with van der Waals surface area (Å²) in [5.41, 5.74) is 0.138. The predicted octanol–water partition coefficient (Wildman–Crippen LogP) is 6.65. The quantitative estimate of drug-likeness (QED) is 0.182. The number of aryl methyl sites for hydroxylation is 1. The van der Waals surface area contributed by atoms with Crippen molar-refractivity contribution in [3.8, 4) is 21.7 Å². The predicted molar refractivity (Wildman–Crippen MR) is 176 cm³/mol. The minimum Gasteiger partial charge on any atom is -0.462 e. The van der Waals surface area contributed by atoms with E-state index in [1.807, 2.05) is 11.5 Å². The fourth-order valence-corrected chi connectivity index (χ4v) is 6.49. The van der Waals surface area contributed by atoms with E-state index in [4.69, 9.17) is 4.74 Å². The lowest BCUT2D eigenvalue weighted by molar-refractivity contribution is -0.140. The molecule has 2 amide bonds. The molecule has 3 aromatic heterocycles. The SMILES string of the molecule is CCCNC(=O)Nc1cc(-c2nc(C(F)(F)F)cs2)c(-c2ccc3c(c2)c(=O)c(C(=O)OCC)cn3CCC2CCN(C)CC2)cn1. The molecule has 0 spiro atoms. The molecule has 4 aromatic rings. The molecule has 0 atom stereocenters. The lowest BCUT2D eigenvalue weighted by atomic mass is 9.93. The topological polar surface area (TPSA) is 118 Å². The van der Waals surface area contributed by atoms with Crippen molar-refractivity contribution in [2.24, 2.45) is 5.92 Å². The summed E-state index contributed by atoms with van der Waals surface area (Å²) in [7, 11) is 2.10. The number of ether oxygens (including phenoxy) is 1. The Balaban J connectivity index is 1.60. The molecule has 1 aromatic carbocycles. The highest BCUT2D eigenvalue weighted by molar-refractivity contribution is 7.13. The number of amides is 2. The molecule has 1 aliphatic rings. The van der Waals surface area contributed by atoms with Crippen LogP contribution in [0.25, 0.3) is 32.6 Å². The summed E-state index contributed by atoms with van der Waals surface area (Å²) in [6.45, 7) is 6.72. The number of alkyl halides is 3. The summed E-state index contributed by atoms with van der Waals surface area (Å²) in [6.07, 6.45) is 2.05. The van der Waals surface area contributed by atoms with Crippen LogP contribution in [0.4, 0.5) is 23.8 Å². The third-order valence-corrected chi connectivity index (χ3v) is 9.08. The minimum atomic E-state index is -4.64. The molecule has 1 aliphatic heterocycles. The Kier molecular flexibility index (Phi) is 10.6. The molecule has 1 saturated heterocycles. The number of carbonyl (C=O) groups excluding carboxylic acids is 2. The van der Waals surface area contributed by atoms with Crippen LogP contribution in [0.5, 0.6) is 0 Å². The van der Waals surface area contributed by atoms with E-state index in [2.05, 4.69) is 32.5 Å². The number of urea groups is 1. The van der Waals surface area contributed by atoms with E-state index in [-0.39, 0.29) is 33.9 Å². The number of thiazole rings is 1. The molecule has 14 heteroatoms. The molecule has 0 saturated carbocycles. The average Bonchev–Trinajstić information content (AvgIpc) is 3.56. The van der Waals surface area contributed by atoms with Gasteiger partial charge >= 0.3 is 18.2 Å². The lowest BCUT2D eigenvalue weighted by Crippen LogP contribution is -2.30. The van der Waals surface area contributed by atoms with E-state index in [1.165, 1.54) is 12.3 Å². The number of pyridine rings is 2. The van der Waals surface area contributed by atoms with E-state index in [0.717, 1.165) is 49.1 Å². The van der Waals surface area contributed by atoms with E-state index < -0.39 is 29.3 Å². The van der Waals surface area contributed by atoms with Crippen molar-refractivity contribution in [3.63, 3.8) is 0 Å². The van der Waals surface area contributed by atoms with Crippen molar-refractivity contribution in [2.75, 3.05) is 38.6 Å². The summed E-state index contributed by atoms with van der Waals surface area (Å²) in [5, 5.41) is 6.53. The molecular weight excluding hydrogens is 633 g/mol. The van der Waals surface area contributed by atoms with E-state index >= 15 is 0 Å². The van der Waals surface area contributed by atoms with Crippen molar-refractivity contribution in [3.05, 3.63) is 63.5 Å². The Morgan fingerprint density at radius 3 is 2.57 bits per heavy atom. The molecule has 0 aliphatic carbocycles. The van der Waals surface area contributed by atoms with Crippen LogP contribution in [0.15, 0.2) is 46.8 Å². The molecule has 10 nitrogen and oxygen atoms in total. The fraction of sp³-hybridized carbons (Fsp3) is 0.424. The van der Waals surface area contributed by atoms with Gasteiger partial charge in [0.15, 0.2) is 5.69 Å². The van der Waals surface area contributed by atoms with Crippen LogP contribution in [0, 0.1) is 5.92 Å². The molecule has 5 rings (SSSR count). The number of hydrogen-bond acceptors (Lipinski definition) is 8. The Morgan fingerprint density at radius 2 is 1.89 bits per heavy atom. The Morgan fingerprint density at radius 1 is 1.13 bits per heavy atom. The number of aromatic nitrogens is 3. The zero-order valence-electron chi connectivity index (χ0n) is 26.4. The van der Waals surface area contributed by atoms with E-state index in [0.29, 0.717) is 42.1 Å². The number of rotatable bonds is 10. The first-order chi connectivity index (χ1) is 22.5. The number of halogens is 3. The molecule has 1 fully saturated rings. The number of fused-ring (bicyclic) bond motifs is 1. The molecule has 0 unspecified atom stereocenters. The minimum absolute atomic E-state index is 0.0580. The number of nitrogens with one attached hydrogen (secondary N) is 2. The Bertz CT molecular complexity index is 1810. The highest BCUT2D eigenvalue weighted by atomic mass is 32.1. The highest BCUT2D eigenvalue weighted by Gasteiger charge is 2.34. The molecule has 0 radical (unpaired) electrons. The molecule has 2 N–H and O–H groups in total. The first kappa shape index (κ1) is 34.0. The first-order valence-electron chi connectivity index (χ1n) is 15.6. The second-order valence-electron chi connectivity index (χ2n) is 11.6. The van der Waals surface area contributed by atoms with Gasteiger partial charge in [0.25, 0.3) is 0 Å². The number of nitrogens with zero attached hydrogens (tertiary/aromatic N) is 4. The second kappa shape index (κ2) is 14.6. The summed E-state index contributed by atoms with van der Waals surface area (Å²) >= 11 is 0.804. The lowest BCUT2D eigenvalue weighted by Gasteiger charge is -2.29. The number of benzene rings is 1. The zero-order valence-corrected chi connectivity index (χ0v) is 27.3. The summed E-state index contributed by atoms with van der Waals surface area (Å²) in [6, 6.07) is 6.10. The number of carbonyl (C=O) groups is 2. The van der Waals surface area contributed by atoms with Crippen molar-refractivity contribution in [2.45, 2.75) is 52.3 Å². The van der Waals surface area contributed by atoms with Crippen LogP contribution in [0.1, 0.15) is 55.6 Å². The van der Waals surface area contributed by atoms with Crippen LogP contribution in [0.2, 0.25) is 0 Å². The van der Waals surface area contributed by atoms with Gasteiger partial charge in [0.2, 0.25) is 5.43 Å². The monoisotopic (exact) mass is 670 g/mol. The van der Waals surface area contributed by atoms with Crippen molar-refractivity contribution >= 4 is 40.1 Å². The zero-order chi connectivity index (χ0) is 33.7. The average molecular weight is 671 g/mol. The summed E-state index contributed by atoms with van der Waals surface area (Å²) in [5.74, 6) is -0.0992. The van der Waals surface area contributed by atoms with Gasteiger partial charge in [-0.3, -0.25) is 10.1 Å². The number of piperidine rings is 1. The maximum atomic E-state index is 13.7. The van der Waals surface area contributed by atoms with Crippen LogP contribution in [-0.2, 0) is 17.5 Å². The van der Waals surface area contributed by atoms with Crippen molar-refractivity contribution in [1.82, 2.24) is 24.8 Å². The third-order valence-electron chi connectivity index (χ3n) is 8.21. The van der Waals surface area contributed by atoms with Crippen LogP contribution < -0.4 is 16.1 Å². The second-order valence-corrected chi connectivity index (χ2v) is 12.4. The number of esters is 1. The molecule has 47 heavy (non-hydrogen) atoms. The maximum Gasteiger partial charge on any atom is 0.434 e. The molecule has 250 valence electrons. The van der Waals surface area contributed by atoms with Crippen LogP contribution in [-0.4, -0.2) is 64.7 Å². The molecule has 0 bridgehead atoms. The van der Waals surface area contributed by atoms with Gasteiger partial charge in [0.05, 0.1) is 12.1 Å². The maximum absolute atomic E-state index is 13.7. The highest BCUT2D eigenvalue weighted by Crippen LogP contribution is 2.39. The van der Waals surface area contributed by atoms with Gasteiger partial charge in [-0.15, -0.1) is 11.3 Å². The van der Waals surface area contributed by atoms with Gasteiger partial charge < -0.3 is 19.5 Å². The van der Waals surface area contributed by atoms with Crippen molar-refractivity contribution in [1.29, 1.82) is 0 Å². The molecule has 4 heterocycles. The van der Waals surface area contributed by atoms with E-state index in [9.17, 15) is 27.6 Å². The van der Waals surface area contributed by atoms with Gasteiger partial charge in [0, 0.05) is 47.4 Å². The van der Waals surface area contributed by atoms with Crippen LogP contribution >= 0.6 is 11.3 Å². The van der Waals surface area contributed by atoms with Crippen LogP contribution in [0.3, 0.4) is 0 Å². The van der Waals surface area contributed by atoms with Gasteiger partial charge in [-0.25, -0.2) is 19.6 Å². The largest absolute Gasteiger partial charge is 0.462 e. The number of likely N-dealkylation sites (tertiary alicyclic amines) is 1. The number of anilines is 1. The molecular formula is C33H37F3N6O4S. The summed E-state index contributed by atoms with van der Waals surface area (Å²) in [4.78, 5) is 49.4. The van der Waals surface area contributed by atoms with Gasteiger partial charge in [-0.1, -0.05) is 13.0 Å². The summed E-state index contributed by atoms with van der Waals surface area (Å²) < 4.78 is 47.6. The van der Waals surface area contributed by atoms with Crippen molar-refractivity contribution < 1.29 is 27.5 Å². The van der Waals surface area contributed by atoms with Gasteiger partial charge in [-0.05, 0) is 82.4 Å². The smallest absolute Gasteiger partial charge is 0.434 e. The van der Waals surface area contributed by atoms with E-state index in [1.54, 1.807) is 31.3 Å². The third kappa shape index (κ3) is 7.99. The number of hydrogen-bond donors (Lipinski definition) is 2. The Labute approximate surface area is 274 Å². The normalized spacial score (nSPS) is 14.3. The van der Waals surface area contributed by atoms with Gasteiger partial charge in [-0.2, -0.15) is 13.2 Å². The van der Waals surface area contributed by atoms with Gasteiger partial charge in [0.1, 0.15) is 16.4 Å².